The van der Waals surface area contributed by atoms with Gasteiger partial charge < -0.3 is 10.1 Å². The van der Waals surface area contributed by atoms with Crippen LogP contribution in [0.1, 0.15) is 11.1 Å². The molecule has 0 aliphatic rings. The van der Waals surface area contributed by atoms with Crippen LogP contribution in [0.2, 0.25) is 0 Å². The van der Waals surface area contributed by atoms with Crippen LogP contribution in [0, 0.1) is 18.3 Å². The molecule has 0 spiro atoms. The Balaban J connectivity index is 2.11. The fourth-order valence-corrected chi connectivity index (χ4v) is 2.20. The quantitative estimate of drug-likeness (QED) is 0.823. The molecule has 0 saturated carbocycles. The van der Waals surface area contributed by atoms with Gasteiger partial charge in [-0.3, -0.25) is 13.9 Å². The van der Waals surface area contributed by atoms with Crippen LogP contribution in [-0.2, 0) is 14.1 Å². The molecule has 1 aromatic heterocycles. The molecule has 120 valence electrons. The molecule has 1 heterocycles. The van der Waals surface area contributed by atoms with Gasteiger partial charge in [0.2, 0.25) is 0 Å². The van der Waals surface area contributed by atoms with E-state index in [1.807, 2.05) is 37.3 Å². The zero-order valence-corrected chi connectivity index (χ0v) is 13.3. The van der Waals surface area contributed by atoms with Crippen molar-refractivity contribution in [2.45, 2.75) is 6.92 Å². The van der Waals surface area contributed by atoms with Crippen molar-refractivity contribution in [3.8, 4) is 11.8 Å². The third kappa shape index (κ3) is 3.43. The third-order valence-corrected chi connectivity index (χ3v) is 3.43. The lowest BCUT2D eigenvalue weighted by molar-refractivity contribution is 0.332. The minimum Gasteiger partial charge on any atom is -0.492 e. The zero-order valence-electron chi connectivity index (χ0n) is 13.3. The second-order valence-corrected chi connectivity index (χ2v) is 5.13. The lowest BCUT2D eigenvalue weighted by Crippen LogP contribution is -2.40. The number of rotatable bonds is 5. The second kappa shape index (κ2) is 6.83. The Morgan fingerprint density at radius 2 is 2.00 bits per heavy atom. The Hall–Kier alpha value is -3.01. The molecule has 0 fully saturated rings. The standard InChI is InChI=1S/C16H18N4O3/c1-11-5-4-6-12(9-11)23-8-7-18-14-13(10-17)15(21)20(3)16(22)19(14)2/h4-6,9,18H,7-8H2,1-3H3. The van der Waals surface area contributed by atoms with Gasteiger partial charge >= 0.3 is 5.69 Å². The summed E-state index contributed by atoms with van der Waals surface area (Å²) in [6, 6.07) is 9.47. The molecule has 0 aliphatic carbocycles. The van der Waals surface area contributed by atoms with Gasteiger partial charge in [0.05, 0.1) is 6.54 Å². The van der Waals surface area contributed by atoms with Gasteiger partial charge in [-0.05, 0) is 24.6 Å². The summed E-state index contributed by atoms with van der Waals surface area (Å²) in [5, 5.41) is 12.1. The topological polar surface area (TPSA) is 89.1 Å². The van der Waals surface area contributed by atoms with Gasteiger partial charge in [0, 0.05) is 14.1 Å². The largest absolute Gasteiger partial charge is 0.492 e. The number of nitrogens with zero attached hydrogens (tertiary/aromatic N) is 3. The minimum absolute atomic E-state index is 0.0924. The highest BCUT2D eigenvalue weighted by Gasteiger charge is 2.14. The van der Waals surface area contributed by atoms with Crippen molar-refractivity contribution in [2.24, 2.45) is 14.1 Å². The number of benzene rings is 1. The number of aryl methyl sites for hydroxylation is 1. The molecule has 0 amide bonds. The van der Waals surface area contributed by atoms with Crippen molar-refractivity contribution in [3.05, 3.63) is 56.2 Å². The number of hydrogen-bond donors (Lipinski definition) is 1. The highest BCUT2D eigenvalue weighted by molar-refractivity contribution is 5.51. The molecule has 2 rings (SSSR count). The van der Waals surface area contributed by atoms with Crippen LogP contribution in [0.3, 0.4) is 0 Å². The summed E-state index contributed by atoms with van der Waals surface area (Å²) in [7, 11) is 2.85. The second-order valence-electron chi connectivity index (χ2n) is 5.13. The molecule has 7 heteroatoms. The van der Waals surface area contributed by atoms with Crippen LogP contribution in [0.5, 0.6) is 5.75 Å². The van der Waals surface area contributed by atoms with E-state index in [2.05, 4.69) is 5.32 Å². The molecule has 7 nitrogen and oxygen atoms in total. The van der Waals surface area contributed by atoms with Crippen LogP contribution >= 0.6 is 0 Å². The Bertz CT molecular complexity index is 874. The van der Waals surface area contributed by atoms with E-state index in [9.17, 15) is 9.59 Å². The maximum atomic E-state index is 11.9. The molecule has 0 bridgehead atoms. The van der Waals surface area contributed by atoms with Gasteiger partial charge in [0.15, 0.2) is 5.56 Å². The van der Waals surface area contributed by atoms with Crippen LogP contribution in [0.25, 0.3) is 0 Å². The maximum absolute atomic E-state index is 11.9. The summed E-state index contributed by atoms with van der Waals surface area (Å²) >= 11 is 0. The van der Waals surface area contributed by atoms with Crippen molar-refractivity contribution < 1.29 is 4.74 Å². The summed E-state index contributed by atoms with van der Waals surface area (Å²) in [5.41, 5.74) is -0.102. The Morgan fingerprint density at radius 3 is 2.65 bits per heavy atom. The van der Waals surface area contributed by atoms with E-state index >= 15 is 0 Å². The van der Waals surface area contributed by atoms with E-state index in [4.69, 9.17) is 10.00 Å². The molecule has 0 aliphatic heterocycles. The lowest BCUT2D eigenvalue weighted by Gasteiger charge is -2.14. The van der Waals surface area contributed by atoms with Crippen molar-refractivity contribution in [1.29, 1.82) is 5.26 Å². The fraction of sp³-hybridized carbons (Fsp3) is 0.312. The van der Waals surface area contributed by atoms with Crippen LogP contribution in [0.15, 0.2) is 33.9 Å². The fourth-order valence-electron chi connectivity index (χ4n) is 2.20. The molecule has 1 N–H and O–H groups in total. The summed E-state index contributed by atoms with van der Waals surface area (Å²) in [4.78, 5) is 23.9. The number of hydrogen-bond acceptors (Lipinski definition) is 5. The molecular formula is C16H18N4O3. The summed E-state index contributed by atoms with van der Waals surface area (Å²) in [6.45, 7) is 2.65. The molecular weight excluding hydrogens is 296 g/mol. The average molecular weight is 314 g/mol. The van der Waals surface area contributed by atoms with E-state index in [1.165, 1.54) is 18.7 Å². The van der Waals surface area contributed by atoms with E-state index < -0.39 is 11.2 Å². The van der Waals surface area contributed by atoms with E-state index in [1.54, 1.807) is 0 Å². The van der Waals surface area contributed by atoms with Gasteiger partial charge in [-0.25, -0.2) is 4.79 Å². The molecule has 0 unspecified atom stereocenters. The number of nitriles is 1. The van der Waals surface area contributed by atoms with Crippen LogP contribution in [-0.4, -0.2) is 22.3 Å². The van der Waals surface area contributed by atoms with E-state index in [-0.39, 0.29) is 11.4 Å². The normalized spacial score (nSPS) is 10.2. The summed E-state index contributed by atoms with van der Waals surface area (Å²) in [6.07, 6.45) is 0. The maximum Gasteiger partial charge on any atom is 0.332 e. The van der Waals surface area contributed by atoms with Gasteiger partial charge in [-0.1, -0.05) is 12.1 Å². The first-order valence-corrected chi connectivity index (χ1v) is 7.09. The third-order valence-electron chi connectivity index (χ3n) is 3.43. The monoisotopic (exact) mass is 314 g/mol. The molecule has 0 atom stereocenters. The van der Waals surface area contributed by atoms with Gasteiger partial charge in [-0.15, -0.1) is 0 Å². The number of aromatic nitrogens is 2. The average Bonchev–Trinajstić information content (AvgIpc) is 2.54. The molecule has 0 saturated heterocycles. The van der Waals surface area contributed by atoms with Crippen molar-refractivity contribution >= 4 is 5.82 Å². The smallest absolute Gasteiger partial charge is 0.332 e. The molecule has 2 aromatic rings. The van der Waals surface area contributed by atoms with Crippen LogP contribution in [0.4, 0.5) is 5.82 Å². The Labute approximate surface area is 133 Å². The summed E-state index contributed by atoms with van der Waals surface area (Å²) < 4.78 is 7.74. The summed E-state index contributed by atoms with van der Waals surface area (Å²) in [5.74, 6) is 0.943. The molecule has 1 aromatic carbocycles. The first kappa shape index (κ1) is 16.4. The molecule has 23 heavy (non-hydrogen) atoms. The van der Waals surface area contributed by atoms with Crippen molar-refractivity contribution in [2.75, 3.05) is 18.5 Å². The highest BCUT2D eigenvalue weighted by Crippen LogP contribution is 2.12. The van der Waals surface area contributed by atoms with E-state index in [0.717, 1.165) is 15.9 Å². The minimum atomic E-state index is -0.613. The lowest BCUT2D eigenvalue weighted by atomic mass is 10.2. The SMILES string of the molecule is Cc1cccc(OCCNc2c(C#N)c(=O)n(C)c(=O)n2C)c1. The number of anilines is 1. The Morgan fingerprint density at radius 1 is 1.26 bits per heavy atom. The van der Waals surface area contributed by atoms with Gasteiger partial charge in [0.25, 0.3) is 5.56 Å². The van der Waals surface area contributed by atoms with E-state index in [0.29, 0.717) is 13.2 Å². The number of nitrogens with one attached hydrogen (secondary N) is 1. The zero-order chi connectivity index (χ0) is 17.0. The highest BCUT2D eigenvalue weighted by atomic mass is 16.5. The predicted molar refractivity (Wildman–Crippen MR) is 86.8 cm³/mol. The number of ether oxygens (including phenoxy) is 1. The Kier molecular flexibility index (Phi) is 4.86. The van der Waals surface area contributed by atoms with Crippen LogP contribution < -0.4 is 21.3 Å². The van der Waals surface area contributed by atoms with Crippen molar-refractivity contribution in [3.63, 3.8) is 0 Å². The van der Waals surface area contributed by atoms with Gasteiger partial charge in [-0.2, -0.15) is 5.26 Å². The van der Waals surface area contributed by atoms with Crippen molar-refractivity contribution in [1.82, 2.24) is 9.13 Å². The first-order chi connectivity index (χ1) is 11.0. The van der Waals surface area contributed by atoms with Gasteiger partial charge in [0.1, 0.15) is 24.2 Å². The first-order valence-electron chi connectivity index (χ1n) is 7.09. The predicted octanol–water partition coefficient (Wildman–Crippen LogP) is 0.755. The molecule has 0 radical (unpaired) electrons.